The average Bonchev–Trinajstić information content (AvgIpc) is 2.85. The first-order chi connectivity index (χ1) is 16.3. The molecule has 0 aliphatic carbocycles. The van der Waals surface area contributed by atoms with E-state index in [-0.39, 0.29) is 11.4 Å². The van der Waals surface area contributed by atoms with Crippen LogP contribution in [-0.2, 0) is 21.4 Å². The van der Waals surface area contributed by atoms with Crippen molar-refractivity contribution in [1.82, 2.24) is 5.32 Å². The SMILES string of the molecule is CCN(CC)c1ccc(CNC(=O)CN(c2ccc(C)c(Cl)c2)S(=O)(=O)c2ccccc2)cc1. The van der Waals surface area contributed by atoms with E-state index in [4.69, 9.17) is 11.6 Å². The maximum Gasteiger partial charge on any atom is 0.264 e. The third-order valence-corrected chi connectivity index (χ3v) is 7.81. The third kappa shape index (κ3) is 6.10. The molecule has 180 valence electrons. The Morgan fingerprint density at radius 3 is 2.12 bits per heavy atom. The average molecular weight is 500 g/mol. The zero-order valence-electron chi connectivity index (χ0n) is 19.7. The molecule has 0 aliphatic heterocycles. The molecular formula is C26H30ClN3O3S. The van der Waals surface area contributed by atoms with Crippen molar-refractivity contribution < 1.29 is 13.2 Å². The number of halogens is 1. The van der Waals surface area contributed by atoms with Gasteiger partial charge in [-0.3, -0.25) is 9.10 Å². The maximum atomic E-state index is 13.4. The summed E-state index contributed by atoms with van der Waals surface area (Å²) in [5.41, 5.74) is 3.20. The van der Waals surface area contributed by atoms with Gasteiger partial charge in [0.25, 0.3) is 10.0 Å². The van der Waals surface area contributed by atoms with Crippen LogP contribution in [0.15, 0.2) is 77.7 Å². The van der Waals surface area contributed by atoms with E-state index < -0.39 is 15.9 Å². The smallest absolute Gasteiger partial charge is 0.264 e. The quantitative estimate of drug-likeness (QED) is 0.426. The lowest BCUT2D eigenvalue weighted by molar-refractivity contribution is -0.119. The highest BCUT2D eigenvalue weighted by molar-refractivity contribution is 7.92. The largest absolute Gasteiger partial charge is 0.372 e. The summed E-state index contributed by atoms with van der Waals surface area (Å²) in [6, 6.07) is 21.0. The molecule has 0 atom stereocenters. The van der Waals surface area contributed by atoms with E-state index in [2.05, 4.69) is 24.1 Å². The molecule has 0 spiro atoms. The Morgan fingerprint density at radius 2 is 1.53 bits per heavy atom. The fourth-order valence-corrected chi connectivity index (χ4v) is 5.18. The number of anilines is 2. The van der Waals surface area contributed by atoms with Crippen LogP contribution in [0.3, 0.4) is 0 Å². The minimum absolute atomic E-state index is 0.103. The molecule has 3 aromatic carbocycles. The van der Waals surface area contributed by atoms with Crippen LogP contribution in [0, 0.1) is 6.92 Å². The number of amides is 1. The molecule has 0 aliphatic rings. The van der Waals surface area contributed by atoms with E-state index in [0.717, 1.165) is 34.2 Å². The van der Waals surface area contributed by atoms with E-state index >= 15 is 0 Å². The van der Waals surface area contributed by atoms with Crippen molar-refractivity contribution in [2.45, 2.75) is 32.2 Å². The molecular weight excluding hydrogens is 470 g/mol. The van der Waals surface area contributed by atoms with Gasteiger partial charge in [-0.15, -0.1) is 0 Å². The highest BCUT2D eigenvalue weighted by Gasteiger charge is 2.27. The van der Waals surface area contributed by atoms with Gasteiger partial charge >= 0.3 is 0 Å². The number of nitrogens with one attached hydrogen (secondary N) is 1. The Morgan fingerprint density at radius 1 is 0.912 bits per heavy atom. The lowest BCUT2D eigenvalue weighted by Crippen LogP contribution is -2.40. The van der Waals surface area contributed by atoms with Crippen LogP contribution >= 0.6 is 11.6 Å². The summed E-state index contributed by atoms with van der Waals surface area (Å²) >= 11 is 6.26. The van der Waals surface area contributed by atoms with E-state index in [1.807, 2.05) is 31.2 Å². The van der Waals surface area contributed by atoms with Crippen molar-refractivity contribution in [3.8, 4) is 0 Å². The predicted octanol–water partition coefficient (Wildman–Crippen LogP) is 5.01. The Kier molecular flexibility index (Phi) is 8.58. The maximum absolute atomic E-state index is 13.4. The Hall–Kier alpha value is -3.03. The molecule has 0 aromatic heterocycles. The van der Waals surface area contributed by atoms with Crippen molar-refractivity contribution in [3.63, 3.8) is 0 Å². The molecule has 0 saturated heterocycles. The number of sulfonamides is 1. The molecule has 8 heteroatoms. The Labute approximate surface area is 207 Å². The molecule has 0 bridgehead atoms. The van der Waals surface area contributed by atoms with Gasteiger partial charge in [0.05, 0.1) is 10.6 Å². The summed E-state index contributed by atoms with van der Waals surface area (Å²) in [5.74, 6) is -0.413. The minimum atomic E-state index is -3.97. The monoisotopic (exact) mass is 499 g/mol. The van der Waals surface area contributed by atoms with Crippen molar-refractivity contribution in [1.29, 1.82) is 0 Å². The van der Waals surface area contributed by atoms with Gasteiger partial charge < -0.3 is 10.2 Å². The van der Waals surface area contributed by atoms with Crippen molar-refractivity contribution >= 4 is 38.9 Å². The van der Waals surface area contributed by atoms with Crippen LogP contribution < -0.4 is 14.5 Å². The fourth-order valence-electron chi connectivity index (χ4n) is 3.57. The minimum Gasteiger partial charge on any atom is -0.372 e. The summed E-state index contributed by atoms with van der Waals surface area (Å²) in [6.45, 7) is 7.81. The molecule has 0 radical (unpaired) electrons. The van der Waals surface area contributed by atoms with Gasteiger partial charge in [-0.2, -0.15) is 0 Å². The molecule has 1 amide bonds. The number of hydrogen-bond donors (Lipinski definition) is 1. The molecule has 0 saturated carbocycles. The normalized spacial score (nSPS) is 11.2. The topological polar surface area (TPSA) is 69.7 Å². The molecule has 0 fully saturated rings. The van der Waals surface area contributed by atoms with E-state index in [1.54, 1.807) is 36.4 Å². The molecule has 0 unspecified atom stereocenters. The standard InChI is InChI=1S/C26H30ClN3O3S/c1-4-29(5-2)22-15-12-21(13-16-22)18-28-26(31)19-30(23-14-11-20(3)25(27)17-23)34(32,33)24-9-7-6-8-10-24/h6-17H,4-5,18-19H2,1-3H3,(H,28,31). The number of carbonyl (C=O) groups is 1. The number of nitrogens with zero attached hydrogens (tertiary/aromatic N) is 2. The summed E-state index contributed by atoms with van der Waals surface area (Å²) < 4.78 is 27.9. The zero-order chi connectivity index (χ0) is 24.7. The Balaban J connectivity index is 1.78. The van der Waals surface area contributed by atoms with Gasteiger partial charge in [0.15, 0.2) is 0 Å². The van der Waals surface area contributed by atoms with Gasteiger partial charge in [0.1, 0.15) is 6.54 Å². The molecule has 1 N–H and O–H groups in total. The second-order valence-electron chi connectivity index (χ2n) is 7.87. The first kappa shape index (κ1) is 25.6. The van der Waals surface area contributed by atoms with Crippen LogP contribution in [0.4, 0.5) is 11.4 Å². The second kappa shape index (κ2) is 11.4. The number of hydrogen-bond acceptors (Lipinski definition) is 4. The van der Waals surface area contributed by atoms with Gasteiger partial charge in [0.2, 0.25) is 5.91 Å². The first-order valence-corrected chi connectivity index (χ1v) is 13.0. The van der Waals surface area contributed by atoms with Gasteiger partial charge in [0, 0.05) is 30.3 Å². The number of rotatable bonds is 10. The molecule has 6 nitrogen and oxygen atoms in total. The van der Waals surface area contributed by atoms with Crippen LogP contribution in [0.25, 0.3) is 0 Å². The van der Waals surface area contributed by atoms with Crippen LogP contribution in [0.5, 0.6) is 0 Å². The first-order valence-electron chi connectivity index (χ1n) is 11.2. The van der Waals surface area contributed by atoms with E-state index in [1.165, 1.54) is 12.1 Å². The summed E-state index contributed by atoms with van der Waals surface area (Å²) in [4.78, 5) is 15.2. The third-order valence-electron chi connectivity index (χ3n) is 5.62. The summed E-state index contributed by atoms with van der Waals surface area (Å²) in [6.07, 6.45) is 0. The number of aryl methyl sites for hydroxylation is 1. The van der Waals surface area contributed by atoms with E-state index in [0.29, 0.717) is 17.3 Å². The summed E-state index contributed by atoms with van der Waals surface area (Å²) in [5, 5.41) is 3.26. The molecule has 3 aromatic rings. The van der Waals surface area contributed by atoms with Gasteiger partial charge in [-0.25, -0.2) is 8.42 Å². The highest BCUT2D eigenvalue weighted by Crippen LogP contribution is 2.28. The molecule has 3 rings (SSSR count). The van der Waals surface area contributed by atoms with Crippen LogP contribution in [-0.4, -0.2) is 34.0 Å². The van der Waals surface area contributed by atoms with Crippen LogP contribution in [0.2, 0.25) is 5.02 Å². The molecule has 34 heavy (non-hydrogen) atoms. The molecule has 0 heterocycles. The lowest BCUT2D eigenvalue weighted by Gasteiger charge is -2.24. The Bertz CT molecular complexity index is 1210. The predicted molar refractivity (Wildman–Crippen MR) is 139 cm³/mol. The zero-order valence-corrected chi connectivity index (χ0v) is 21.2. The van der Waals surface area contributed by atoms with Crippen molar-refractivity contribution in [2.75, 3.05) is 28.8 Å². The number of carbonyl (C=O) groups excluding carboxylic acids is 1. The van der Waals surface area contributed by atoms with Crippen LogP contribution in [0.1, 0.15) is 25.0 Å². The van der Waals surface area contributed by atoms with Gasteiger partial charge in [-0.1, -0.05) is 48.0 Å². The van der Waals surface area contributed by atoms with E-state index in [9.17, 15) is 13.2 Å². The fraction of sp³-hybridized carbons (Fsp3) is 0.269. The van der Waals surface area contributed by atoms with Gasteiger partial charge in [-0.05, 0) is 68.3 Å². The second-order valence-corrected chi connectivity index (χ2v) is 10.1. The highest BCUT2D eigenvalue weighted by atomic mass is 35.5. The van der Waals surface area contributed by atoms with Crippen molar-refractivity contribution in [3.05, 3.63) is 88.9 Å². The number of benzene rings is 3. The summed E-state index contributed by atoms with van der Waals surface area (Å²) in [7, 11) is -3.97. The van der Waals surface area contributed by atoms with Crippen molar-refractivity contribution in [2.24, 2.45) is 0 Å². The lowest BCUT2D eigenvalue weighted by atomic mass is 10.2.